The summed E-state index contributed by atoms with van der Waals surface area (Å²) < 4.78 is 0. The summed E-state index contributed by atoms with van der Waals surface area (Å²) in [4.78, 5) is 1.39. The third-order valence-corrected chi connectivity index (χ3v) is 3.86. The van der Waals surface area contributed by atoms with Crippen LogP contribution in [-0.2, 0) is 0 Å². The van der Waals surface area contributed by atoms with Gasteiger partial charge in [-0.05, 0) is 43.2 Å². The Bertz CT molecular complexity index is 341. The molecule has 1 N–H and O–H groups in total. The smallest absolute Gasteiger partial charge is 0.0328 e. The van der Waals surface area contributed by atoms with Gasteiger partial charge >= 0.3 is 0 Å². The predicted octanol–water partition coefficient (Wildman–Crippen LogP) is 4.50. The summed E-state index contributed by atoms with van der Waals surface area (Å²) in [6.45, 7) is 6.92. The lowest BCUT2D eigenvalue weighted by molar-refractivity contribution is 0.337. The summed E-state index contributed by atoms with van der Waals surface area (Å²) in [5.74, 6) is 0. The Morgan fingerprint density at radius 2 is 1.88 bits per heavy atom. The standard InChI is InChI=1S/C15H25NS/c1-15(2,3)11-10-13(16-4)12-8-6-7-9-14(12)17-5/h6-9,13,16H,10-11H2,1-5H3. The second-order valence-corrected chi connectivity index (χ2v) is 6.53. The van der Waals surface area contributed by atoms with Gasteiger partial charge in [0.25, 0.3) is 0 Å². The number of benzene rings is 1. The number of nitrogens with one attached hydrogen (secondary N) is 1. The van der Waals surface area contributed by atoms with Crippen molar-refractivity contribution in [1.82, 2.24) is 5.32 Å². The van der Waals surface area contributed by atoms with Gasteiger partial charge < -0.3 is 5.32 Å². The van der Waals surface area contributed by atoms with Crippen LogP contribution in [0.5, 0.6) is 0 Å². The molecule has 1 aromatic rings. The van der Waals surface area contributed by atoms with Crippen LogP contribution in [0, 0.1) is 5.41 Å². The van der Waals surface area contributed by atoms with Gasteiger partial charge in [-0.3, -0.25) is 0 Å². The molecule has 1 aromatic carbocycles. The molecule has 1 unspecified atom stereocenters. The van der Waals surface area contributed by atoms with Crippen molar-refractivity contribution in [1.29, 1.82) is 0 Å². The van der Waals surface area contributed by atoms with Crippen molar-refractivity contribution in [3.63, 3.8) is 0 Å². The lowest BCUT2D eigenvalue weighted by Crippen LogP contribution is -2.19. The maximum Gasteiger partial charge on any atom is 0.0328 e. The molecule has 0 saturated heterocycles. The van der Waals surface area contributed by atoms with Crippen molar-refractivity contribution in [2.24, 2.45) is 5.41 Å². The highest BCUT2D eigenvalue weighted by atomic mass is 32.2. The molecule has 1 rings (SSSR count). The van der Waals surface area contributed by atoms with E-state index in [0.717, 1.165) is 0 Å². The van der Waals surface area contributed by atoms with Crippen LogP contribution in [0.25, 0.3) is 0 Å². The van der Waals surface area contributed by atoms with E-state index in [1.165, 1.54) is 23.3 Å². The van der Waals surface area contributed by atoms with Gasteiger partial charge in [-0.2, -0.15) is 0 Å². The zero-order chi connectivity index (χ0) is 12.9. The number of hydrogen-bond acceptors (Lipinski definition) is 2. The zero-order valence-corrected chi connectivity index (χ0v) is 12.5. The summed E-state index contributed by atoms with van der Waals surface area (Å²) in [6, 6.07) is 9.18. The van der Waals surface area contributed by atoms with E-state index in [1.807, 2.05) is 11.8 Å². The molecule has 0 aliphatic carbocycles. The van der Waals surface area contributed by atoms with Crippen molar-refractivity contribution >= 4 is 11.8 Å². The van der Waals surface area contributed by atoms with E-state index in [9.17, 15) is 0 Å². The van der Waals surface area contributed by atoms with Gasteiger partial charge in [-0.1, -0.05) is 39.0 Å². The molecule has 0 aliphatic rings. The minimum absolute atomic E-state index is 0.406. The van der Waals surface area contributed by atoms with Gasteiger partial charge in [0.05, 0.1) is 0 Å². The first-order chi connectivity index (χ1) is 7.98. The summed E-state index contributed by atoms with van der Waals surface area (Å²) in [6.07, 6.45) is 4.58. The number of hydrogen-bond donors (Lipinski definition) is 1. The summed E-state index contributed by atoms with van der Waals surface area (Å²) in [5, 5.41) is 3.45. The molecule has 0 saturated carbocycles. The molecule has 0 spiro atoms. The minimum atomic E-state index is 0.406. The normalized spacial score (nSPS) is 13.7. The van der Waals surface area contributed by atoms with Crippen molar-refractivity contribution in [2.75, 3.05) is 13.3 Å². The first kappa shape index (κ1) is 14.6. The highest BCUT2D eigenvalue weighted by molar-refractivity contribution is 7.98. The van der Waals surface area contributed by atoms with Crippen LogP contribution in [0.3, 0.4) is 0 Å². The fourth-order valence-electron chi connectivity index (χ4n) is 1.99. The van der Waals surface area contributed by atoms with Crippen LogP contribution in [0.4, 0.5) is 0 Å². The fraction of sp³-hybridized carbons (Fsp3) is 0.600. The van der Waals surface area contributed by atoms with Crippen LogP contribution in [0.2, 0.25) is 0 Å². The molecule has 0 fully saturated rings. The summed E-state index contributed by atoms with van der Waals surface area (Å²) in [5.41, 5.74) is 1.84. The lowest BCUT2D eigenvalue weighted by atomic mass is 9.87. The average Bonchev–Trinajstić information content (AvgIpc) is 2.29. The molecule has 0 aromatic heterocycles. The molecule has 0 heterocycles. The maximum absolute atomic E-state index is 3.45. The zero-order valence-electron chi connectivity index (χ0n) is 11.7. The second kappa shape index (κ2) is 6.46. The Morgan fingerprint density at radius 3 is 2.41 bits per heavy atom. The molecule has 1 atom stereocenters. The Morgan fingerprint density at radius 1 is 1.24 bits per heavy atom. The molecular weight excluding hydrogens is 226 g/mol. The van der Waals surface area contributed by atoms with Gasteiger partial charge in [-0.15, -0.1) is 11.8 Å². The van der Waals surface area contributed by atoms with Crippen LogP contribution in [0.15, 0.2) is 29.2 Å². The Kier molecular flexibility index (Phi) is 5.54. The van der Waals surface area contributed by atoms with Gasteiger partial charge in [-0.25, -0.2) is 0 Å². The second-order valence-electron chi connectivity index (χ2n) is 5.68. The van der Waals surface area contributed by atoms with E-state index in [4.69, 9.17) is 0 Å². The monoisotopic (exact) mass is 251 g/mol. The van der Waals surface area contributed by atoms with Crippen molar-refractivity contribution in [3.8, 4) is 0 Å². The first-order valence-electron chi connectivity index (χ1n) is 6.28. The van der Waals surface area contributed by atoms with Gasteiger partial charge in [0.1, 0.15) is 0 Å². The predicted molar refractivity (Wildman–Crippen MR) is 78.7 cm³/mol. The maximum atomic E-state index is 3.45. The molecule has 0 aliphatic heterocycles. The highest BCUT2D eigenvalue weighted by Gasteiger charge is 2.17. The molecule has 2 heteroatoms. The average molecular weight is 251 g/mol. The van der Waals surface area contributed by atoms with Crippen LogP contribution >= 0.6 is 11.8 Å². The van der Waals surface area contributed by atoms with E-state index in [1.54, 1.807) is 0 Å². The van der Waals surface area contributed by atoms with E-state index in [-0.39, 0.29) is 0 Å². The quantitative estimate of drug-likeness (QED) is 0.774. The van der Waals surface area contributed by atoms with Gasteiger partial charge in [0, 0.05) is 10.9 Å². The summed E-state index contributed by atoms with van der Waals surface area (Å²) >= 11 is 1.83. The minimum Gasteiger partial charge on any atom is -0.313 e. The Hall–Kier alpha value is -0.470. The Balaban J connectivity index is 2.79. The first-order valence-corrected chi connectivity index (χ1v) is 7.50. The largest absolute Gasteiger partial charge is 0.313 e. The molecule has 1 nitrogen and oxygen atoms in total. The number of rotatable bonds is 5. The van der Waals surface area contributed by atoms with Crippen LogP contribution < -0.4 is 5.32 Å². The number of thioether (sulfide) groups is 1. The molecule has 0 radical (unpaired) electrons. The van der Waals surface area contributed by atoms with Crippen molar-refractivity contribution in [3.05, 3.63) is 29.8 Å². The molecule has 17 heavy (non-hydrogen) atoms. The summed E-state index contributed by atoms with van der Waals surface area (Å²) in [7, 11) is 2.06. The molecule has 96 valence electrons. The fourth-order valence-corrected chi connectivity index (χ4v) is 2.65. The third kappa shape index (κ3) is 4.72. The van der Waals surface area contributed by atoms with E-state index >= 15 is 0 Å². The van der Waals surface area contributed by atoms with Crippen LogP contribution in [0.1, 0.15) is 45.2 Å². The molecule has 0 amide bonds. The highest BCUT2D eigenvalue weighted by Crippen LogP contribution is 2.31. The molecular formula is C15H25NS. The van der Waals surface area contributed by atoms with Gasteiger partial charge in [0.2, 0.25) is 0 Å². The third-order valence-electron chi connectivity index (χ3n) is 3.05. The lowest BCUT2D eigenvalue weighted by Gasteiger charge is -2.24. The van der Waals surface area contributed by atoms with E-state index in [2.05, 4.69) is 63.7 Å². The van der Waals surface area contributed by atoms with Crippen LogP contribution in [-0.4, -0.2) is 13.3 Å². The molecule has 0 bridgehead atoms. The van der Waals surface area contributed by atoms with E-state index < -0.39 is 0 Å². The SMILES string of the molecule is CNC(CCC(C)(C)C)c1ccccc1SC. The Labute approximate surface area is 110 Å². The van der Waals surface area contributed by atoms with Gasteiger partial charge in [0.15, 0.2) is 0 Å². The van der Waals surface area contributed by atoms with E-state index in [0.29, 0.717) is 11.5 Å². The topological polar surface area (TPSA) is 12.0 Å². The van der Waals surface area contributed by atoms with Crippen molar-refractivity contribution < 1.29 is 0 Å². The van der Waals surface area contributed by atoms with Crippen molar-refractivity contribution in [2.45, 2.75) is 44.6 Å².